The summed E-state index contributed by atoms with van der Waals surface area (Å²) in [6, 6.07) is 18.2. The summed E-state index contributed by atoms with van der Waals surface area (Å²) in [5.41, 5.74) is 3.50. The third kappa shape index (κ3) is 4.61. The molecule has 36 heavy (non-hydrogen) atoms. The molecule has 2 heterocycles. The van der Waals surface area contributed by atoms with E-state index in [-0.39, 0.29) is 23.9 Å². The van der Waals surface area contributed by atoms with E-state index in [1.165, 1.54) is 16.4 Å². The molecule has 0 radical (unpaired) electrons. The lowest BCUT2D eigenvalue weighted by atomic mass is 9.99. The first kappa shape index (κ1) is 24.4. The Morgan fingerprint density at radius 3 is 2.22 bits per heavy atom. The number of hydrogen-bond donors (Lipinski definition) is 0. The SMILES string of the molecule is CN(C)C(=O)c1ccc(-c2ccc3c(c2)COC2(CCN(S(=O)(=O)c4ccc(F)cc4)CC2)O3)cc1. The van der Waals surface area contributed by atoms with E-state index in [9.17, 15) is 17.6 Å². The maximum absolute atomic E-state index is 13.2. The molecule has 0 aromatic heterocycles. The summed E-state index contributed by atoms with van der Waals surface area (Å²) in [7, 11) is -0.266. The topological polar surface area (TPSA) is 76.2 Å². The first-order chi connectivity index (χ1) is 17.2. The zero-order chi connectivity index (χ0) is 25.5. The van der Waals surface area contributed by atoms with E-state index in [4.69, 9.17) is 9.47 Å². The first-order valence-electron chi connectivity index (χ1n) is 11.7. The van der Waals surface area contributed by atoms with Crippen LogP contribution in [0.4, 0.5) is 4.39 Å². The standard InChI is InChI=1S/C27H27FN2O5S/c1-29(2)26(31)20-5-3-19(4-6-20)21-7-12-25-22(17-21)18-34-27(35-25)13-15-30(16-14-27)36(32,33)24-10-8-23(28)9-11-24/h3-12,17H,13-16,18H2,1-2H3. The monoisotopic (exact) mass is 510 g/mol. The van der Waals surface area contributed by atoms with Gasteiger partial charge in [0, 0.05) is 51.2 Å². The minimum Gasteiger partial charge on any atom is -0.462 e. The fraction of sp³-hybridized carbons (Fsp3) is 0.296. The van der Waals surface area contributed by atoms with Gasteiger partial charge in [0.05, 0.1) is 11.5 Å². The lowest BCUT2D eigenvalue weighted by Crippen LogP contribution is -2.52. The van der Waals surface area contributed by atoms with Gasteiger partial charge in [0.15, 0.2) is 0 Å². The highest BCUT2D eigenvalue weighted by atomic mass is 32.2. The van der Waals surface area contributed by atoms with E-state index in [0.29, 0.717) is 25.0 Å². The molecule has 9 heteroatoms. The summed E-state index contributed by atoms with van der Waals surface area (Å²) in [5, 5.41) is 0. The number of carbonyl (C=O) groups is 1. The van der Waals surface area contributed by atoms with Crippen LogP contribution in [-0.2, 0) is 21.4 Å². The Labute approximate surface area is 210 Å². The molecule has 1 saturated heterocycles. The maximum Gasteiger partial charge on any atom is 0.253 e. The molecule has 1 spiro atoms. The van der Waals surface area contributed by atoms with Crippen molar-refractivity contribution in [3.63, 3.8) is 0 Å². The molecule has 2 aliphatic heterocycles. The predicted molar refractivity (Wildman–Crippen MR) is 132 cm³/mol. The summed E-state index contributed by atoms with van der Waals surface area (Å²) in [6.07, 6.45) is 0.770. The highest BCUT2D eigenvalue weighted by Gasteiger charge is 2.43. The van der Waals surface area contributed by atoms with Crippen molar-refractivity contribution in [2.24, 2.45) is 0 Å². The molecule has 0 bridgehead atoms. The molecule has 0 atom stereocenters. The molecule has 3 aromatic carbocycles. The number of carbonyl (C=O) groups excluding carboxylic acids is 1. The number of piperidine rings is 1. The van der Waals surface area contributed by atoms with Gasteiger partial charge in [0.2, 0.25) is 15.8 Å². The second-order valence-electron chi connectivity index (χ2n) is 9.26. The van der Waals surface area contributed by atoms with E-state index < -0.39 is 21.6 Å². The van der Waals surface area contributed by atoms with Crippen molar-refractivity contribution in [2.45, 2.75) is 30.1 Å². The second-order valence-corrected chi connectivity index (χ2v) is 11.2. The molecule has 7 nitrogen and oxygen atoms in total. The molecule has 5 rings (SSSR count). The lowest BCUT2D eigenvalue weighted by Gasteiger charge is -2.43. The molecule has 0 unspecified atom stereocenters. The van der Waals surface area contributed by atoms with Crippen LogP contribution >= 0.6 is 0 Å². The normalized spacial score (nSPS) is 17.3. The Balaban J connectivity index is 1.27. The molecule has 3 aromatic rings. The second kappa shape index (κ2) is 9.31. The van der Waals surface area contributed by atoms with Crippen LogP contribution in [0.3, 0.4) is 0 Å². The number of nitrogens with zero attached hydrogens (tertiary/aromatic N) is 2. The number of halogens is 1. The number of sulfonamides is 1. The van der Waals surface area contributed by atoms with Gasteiger partial charge < -0.3 is 14.4 Å². The van der Waals surface area contributed by atoms with Gasteiger partial charge in [0.1, 0.15) is 11.6 Å². The van der Waals surface area contributed by atoms with Crippen LogP contribution in [0.15, 0.2) is 71.6 Å². The fourth-order valence-electron chi connectivity index (χ4n) is 4.54. The Morgan fingerprint density at radius 2 is 1.58 bits per heavy atom. The van der Waals surface area contributed by atoms with Crippen molar-refractivity contribution < 1.29 is 27.1 Å². The molecule has 0 aliphatic carbocycles. The number of fused-ring (bicyclic) bond motifs is 1. The van der Waals surface area contributed by atoms with Gasteiger partial charge in [-0.1, -0.05) is 18.2 Å². The van der Waals surface area contributed by atoms with Gasteiger partial charge in [0.25, 0.3) is 5.91 Å². The fourth-order valence-corrected chi connectivity index (χ4v) is 5.98. The molecule has 188 valence electrons. The van der Waals surface area contributed by atoms with Crippen molar-refractivity contribution in [2.75, 3.05) is 27.2 Å². The van der Waals surface area contributed by atoms with Crippen LogP contribution in [0.5, 0.6) is 5.75 Å². The van der Waals surface area contributed by atoms with Crippen molar-refractivity contribution in [1.82, 2.24) is 9.21 Å². The lowest BCUT2D eigenvalue weighted by molar-refractivity contribution is -0.223. The molecule has 1 amide bonds. The van der Waals surface area contributed by atoms with Gasteiger partial charge in [-0.3, -0.25) is 4.79 Å². The van der Waals surface area contributed by atoms with E-state index in [0.717, 1.165) is 34.6 Å². The number of hydrogen-bond acceptors (Lipinski definition) is 5. The zero-order valence-electron chi connectivity index (χ0n) is 20.1. The van der Waals surface area contributed by atoms with Crippen LogP contribution in [0.2, 0.25) is 0 Å². The third-order valence-corrected chi connectivity index (χ3v) is 8.57. The van der Waals surface area contributed by atoms with E-state index >= 15 is 0 Å². The Hall–Kier alpha value is -3.27. The smallest absolute Gasteiger partial charge is 0.253 e. The van der Waals surface area contributed by atoms with Gasteiger partial charge in [-0.2, -0.15) is 4.31 Å². The van der Waals surface area contributed by atoms with Crippen molar-refractivity contribution in [1.29, 1.82) is 0 Å². The molecule has 2 aliphatic rings. The summed E-state index contributed by atoms with van der Waals surface area (Å²) in [4.78, 5) is 13.7. The number of ether oxygens (including phenoxy) is 2. The number of amides is 1. The van der Waals surface area contributed by atoms with E-state index in [2.05, 4.69) is 0 Å². The molecule has 1 fully saturated rings. The third-order valence-electron chi connectivity index (χ3n) is 6.65. The summed E-state index contributed by atoms with van der Waals surface area (Å²) < 4.78 is 52.9. The highest BCUT2D eigenvalue weighted by Crippen LogP contribution is 2.40. The molecular formula is C27H27FN2O5S. The predicted octanol–water partition coefficient (Wildman–Crippen LogP) is 4.28. The minimum atomic E-state index is -3.71. The average Bonchev–Trinajstić information content (AvgIpc) is 2.88. The highest BCUT2D eigenvalue weighted by molar-refractivity contribution is 7.89. The largest absolute Gasteiger partial charge is 0.462 e. The van der Waals surface area contributed by atoms with Crippen LogP contribution in [-0.4, -0.2) is 56.5 Å². The van der Waals surface area contributed by atoms with E-state index in [1.807, 2.05) is 42.5 Å². The van der Waals surface area contributed by atoms with Gasteiger partial charge in [-0.05, 0) is 59.7 Å². The molecule has 0 saturated carbocycles. The number of benzene rings is 3. The quantitative estimate of drug-likeness (QED) is 0.524. The minimum absolute atomic E-state index is 0.0457. The zero-order valence-corrected chi connectivity index (χ0v) is 20.9. The molecule has 0 N–H and O–H groups in total. The van der Waals surface area contributed by atoms with Crippen LogP contribution in [0, 0.1) is 5.82 Å². The summed E-state index contributed by atoms with van der Waals surface area (Å²) >= 11 is 0. The maximum atomic E-state index is 13.2. The first-order valence-corrected chi connectivity index (χ1v) is 13.1. The van der Waals surface area contributed by atoms with Crippen molar-refractivity contribution >= 4 is 15.9 Å². The average molecular weight is 511 g/mol. The summed E-state index contributed by atoms with van der Waals surface area (Å²) in [6.45, 7) is 0.835. The van der Waals surface area contributed by atoms with Gasteiger partial charge in [-0.25, -0.2) is 12.8 Å². The van der Waals surface area contributed by atoms with Crippen LogP contribution in [0.25, 0.3) is 11.1 Å². The van der Waals surface area contributed by atoms with Crippen molar-refractivity contribution in [3.8, 4) is 16.9 Å². The Morgan fingerprint density at radius 1 is 0.944 bits per heavy atom. The van der Waals surface area contributed by atoms with Gasteiger partial charge >= 0.3 is 0 Å². The van der Waals surface area contributed by atoms with Gasteiger partial charge in [-0.15, -0.1) is 0 Å². The Bertz CT molecular complexity index is 1380. The van der Waals surface area contributed by atoms with E-state index in [1.54, 1.807) is 19.0 Å². The number of rotatable bonds is 4. The summed E-state index contributed by atoms with van der Waals surface area (Å²) in [5.74, 6) is -0.680. The van der Waals surface area contributed by atoms with Crippen LogP contribution in [0.1, 0.15) is 28.8 Å². The molecular weight excluding hydrogens is 483 g/mol. The van der Waals surface area contributed by atoms with Crippen LogP contribution < -0.4 is 4.74 Å². The Kier molecular flexibility index (Phi) is 6.32. The van der Waals surface area contributed by atoms with Crippen molar-refractivity contribution in [3.05, 3.63) is 83.7 Å².